The molecule has 0 radical (unpaired) electrons. The molecule has 0 bridgehead atoms. The normalized spacial score (nSPS) is 12.0. The zero-order valence-corrected chi connectivity index (χ0v) is 12.8. The van der Waals surface area contributed by atoms with Gasteiger partial charge < -0.3 is 0 Å². The van der Waals surface area contributed by atoms with Crippen LogP contribution in [0.1, 0.15) is 12.5 Å². The van der Waals surface area contributed by atoms with Crippen molar-refractivity contribution in [3.05, 3.63) is 66.2 Å². The molecule has 0 fully saturated rings. The van der Waals surface area contributed by atoms with Crippen LogP contribution in [0.3, 0.4) is 0 Å². The molecule has 24 heavy (non-hydrogen) atoms. The second kappa shape index (κ2) is 5.69. The number of fused-ring (bicyclic) bond motifs is 3. The van der Waals surface area contributed by atoms with E-state index in [4.69, 9.17) is 0 Å². The molecule has 1 N–H and O–H groups in total. The second-order valence-electron chi connectivity index (χ2n) is 5.31. The summed E-state index contributed by atoms with van der Waals surface area (Å²) in [6.07, 6.45) is 1.55. The van der Waals surface area contributed by atoms with Crippen LogP contribution in [0.4, 0.5) is 10.2 Å². The van der Waals surface area contributed by atoms with E-state index in [0.717, 1.165) is 22.0 Å². The van der Waals surface area contributed by atoms with E-state index in [1.165, 1.54) is 12.1 Å². The van der Waals surface area contributed by atoms with E-state index < -0.39 is 0 Å². The number of anilines is 1. The Balaban J connectivity index is 1.75. The van der Waals surface area contributed by atoms with Gasteiger partial charge in [-0.3, -0.25) is 5.43 Å². The van der Waals surface area contributed by atoms with Crippen molar-refractivity contribution in [2.75, 3.05) is 5.43 Å². The van der Waals surface area contributed by atoms with Crippen molar-refractivity contribution in [1.29, 1.82) is 0 Å². The van der Waals surface area contributed by atoms with E-state index in [1.807, 2.05) is 31.2 Å². The number of nitrogens with one attached hydrogen (secondary N) is 1. The molecule has 2 heterocycles. The fraction of sp³-hybridized carbons (Fsp3) is 0.0588. The lowest BCUT2D eigenvalue weighted by atomic mass is 10.1. The molecular formula is C17H13FN6. The van der Waals surface area contributed by atoms with Crippen molar-refractivity contribution in [2.45, 2.75) is 6.92 Å². The number of nitrogens with zero attached hydrogens (tertiary/aromatic N) is 5. The number of hydrogen-bond acceptors (Lipinski definition) is 5. The summed E-state index contributed by atoms with van der Waals surface area (Å²) in [6.45, 7) is 1.85. The van der Waals surface area contributed by atoms with E-state index >= 15 is 0 Å². The molecule has 7 heteroatoms. The predicted molar refractivity (Wildman–Crippen MR) is 90.5 cm³/mol. The van der Waals surface area contributed by atoms with Gasteiger partial charge in [0.1, 0.15) is 12.1 Å². The Morgan fingerprint density at radius 2 is 1.83 bits per heavy atom. The maximum atomic E-state index is 13.0. The van der Waals surface area contributed by atoms with Crippen LogP contribution in [0, 0.1) is 5.82 Å². The molecule has 0 aliphatic carbocycles. The van der Waals surface area contributed by atoms with E-state index in [0.29, 0.717) is 11.5 Å². The van der Waals surface area contributed by atoms with E-state index in [9.17, 15) is 4.39 Å². The average molecular weight is 320 g/mol. The lowest BCUT2D eigenvalue weighted by Crippen LogP contribution is -2.04. The minimum Gasteiger partial charge on any atom is -0.259 e. The molecule has 0 amide bonds. The minimum absolute atomic E-state index is 0.273. The Labute approximate surface area is 136 Å². The van der Waals surface area contributed by atoms with E-state index in [-0.39, 0.29) is 5.82 Å². The molecule has 0 aliphatic heterocycles. The van der Waals surface area contributed by atoms with Gasteiger partial charge in [-0.05, 0) is 24.6 Å². The van der Waals surface area contributed by atoms with Gasteiger partial charge in [0.2, 0.25) is 0 Å². The maximum absolute atomic E-state index is 13.0. The van der Waals surface area contributed by atoms with Crippen molar-refractivity contribution < 1.29 is 4.39 Å². The molecule has 0 saturated carbocycles. The highest BCUT2D eigenvalue weighted by molar-refractivity contribution is 6.01. The second-order valence-corrected chi connectivity index (χ2v) is 5.31. The van der Waals surface area contributed by atoms with Gasteiger partial charge >= 0.3 is 0 Å². The van der Waals surface area contributed by atoms with Crippen molar-refractivity contribution >= 4 is 27.9 Å². The third kappa shape index (κ3) is 2.45. The number of aromatic nitrogens is 4. The third-order valence-electron chi connectivity index (χ3n) is 3.75. The quantitative estimate of drug-likeness (QED) is 0.465. The van der Waals surface area contributed by atoms with Gasteiger partial charge in [0.25, 0.3) is 0 Å². The highest BCUT2D eigenvalue weighted by Crippen LogP contribution is 2.23. The van der Waals surface area contributed by atoms with Gasteiger partial charge in [0.15, 0.2) is 11.5 Å². The maximum Gasteiger partial charge on any atom is 0.185 e. The van der Waals surface area contributed by atoms with Gasteiger partial charge in [-0.15, -0.1) is 15.3 Å². The first-order chi connectivity index (χ1) is 11.7. The molecule has 0 unspecified atom stereocenters. The molecule has 0 atom stereocenters. The topological polar surface area (TPSA) is 67.5 Å². The van der Waals surface area contributed by atoms with Crippen LogP contribution in [-0.4, -0.2) is 25.5 Å². The summed E-state index contributed by atoms with van der Waals surface area (Å²) in [5.74, 6) is 0.324. The Hall–Kier alpha value is -3.35. The SMILES string of the molecule is CC(=NNc1nn2cnnc2c2ccccc12)c1ccc(F)cc1. The van der Waals surface area contributed by atoms with Crippen LogP contribution in [-0.2, 0) is 0 Å². The summed E-state index contributed by atoms with van der Waals surface area (Å²) < 4.78 is 14.6. The van der Waals surface area contributed by atoms with Gasteiger partial charge in [-0.1, -0.05) is 36.4 Å². The summed E-state index contributed by atoms with van der Waals surface area (Å²) in [4.78, 5) is 0. The van der Waals surface area contributed by atoms with Crippen LogP contribution >= 0.6 is 0 Å². The van der Waals surface area contributed by atoms with Gasteiger partial charge in [-0.25, -0.2) is 4.39 Å². The lowest BCUT2D eigenvalue weighted by molar-refractivity contribution is 0.628. The Bertz CT molecular complexity index is 1050. The van der Waals surface area contributed by atoms with Gasteiger partial charge in [0.05, 0.1) is 5.71 Å². The van der Waals surface area contributed by atoms with Crippen LogP contribution in [0.25, 0.3) is 16.4 Å². The molecule has 0 saturated heterocycles. The highest BCUT2D eigenvalue weighted by atomic mass is 19.1. The standard InChI is InChI=1S/C17H13FN6/c1-11(12-6-8-13(18)9-7-12)20-21-16-14-4-2-3-5-15(14)17-22-19-10-24(17)23-16/h2-10H,1H3,(H,21,23). The molecular weight excluding hydrogens is 307 g/mol. The molecule has 0 spiro atoms. The van der Waals surface area contributed by atoms with Crippen molar-refractivity contribution in [3.8, 4) is 0 Å². The van der Waals surface area contributed by atoms with Crippen LogP contribution in [0.5, 0.6) is 0 Å². The zero-order chi connectivity index (χ0) is 16.5. The largest absolute Gasteiger partial charge is 0.259 e. The van der Waals surface area contributed by atoms with Gasteiger partial charge in [0, 0.05) is 10.8 Å². The molecule has 6 nitrogen and oxygen atoms in total. The van der Waals surface area contributed by atoms with Gasteiger partial charge in [-0.2, -0.15) is 9.62 Å². The number of hydrogen-bond donors (Lipinski definition) is 1. The number of rotatable bonds is 3. The fourth-order valence-corrected chi connectivity index (χ4v) is 2.50. The average Bonchev–Trinajstić information content (AvgIpc) is 3.08. The van der Waals surface area contributed by atoms with Crippen molar-refractivity contribution in [1.82, 2.24) is 19.8 Å². The summed E-state index contributed by atoms with van der Waals surface area (Å²) >= 11 is 0. The minimum atomic E-state index is -0.273. The summed E-state index contributed by atoms with van der Waals surface area (Å²) in [6, 6.07) is 14.0. The first kappa shape index (κ1) is 14.3. The van der Waals surface area contributed by atoms with Crippen LogP contribution in [0.2, 0.25) is 0 Å². The summed E-state index contributed by atoms with van der Waals surface area (Å²) in [7, 11) is 0. The third-order valence-corrected chi connectivity index (χ3v) is 3.75. The lowest BCUT2D eigenvalue weighted by Gasteiger charge is -2.07. The van der Waals surface area contributed by atoms with Crippen molar-refractivity contribution in [2.24, 2.45) is 5.10 Å². The van der Waals surface area contributed by atoms with E-state index in [2.05, 4.69) is 25.8 Å². The Morgan fingerprint density at radius 1 is 1.08 bits per heavy atom. The molecule has 4 aromatic rings. The zero-order valence-electron chi connectivity index (χ0n) is 12.8. The van der Waals surface area contributed by atoms with Crippen LogP contribution in [0.15, 0.2) is 60.0 Å². The summed E-state index contributed by atoms with van der Waals surface area (Å²) in [5.41, 5.74) is 5.24. The van der Waals surface area contributed by atoms with E-state index in [1.54, 1.807) is 23.0 Å². The molecule has 118 valence electrons. The molecule has 2 aromatic carbocycles. The predicted octanol–water partition coefficient (Wildman–Crippen LogP) is 3.25. The molecule has 2 aromatic heterocycles. The Kier molecular flexibility index (Phi) is 3.38. The number of halogens is 1. The Morgan fingerprint density at radius 3 is 2.62 bits per heavy atom. The smallest absolute Gasteiger partial charge is 0.185 e. The highest BCUT2D eigenvalue weighted by Gasteiger charge is 2.09. The van der Waals surface area contributed by atoms with Crippen LogP contribution < -0.4 is 5.43 Å². The first-order valence-electron chi connectivity index (χ1n) is 7.37. The van der Waals surface area contributed by atoms with Crippen molar-refractivity contribution in [3.63, 3.8) is 0 Å². The fourth-order valence-electron chi connectivity index (χ4n) is 2.50. The molecule has 4 rings (SSSR count). The first-order valence-corrected chi connectivity index (χ1v) is 7.37. The number of benzene rings is 2. The summed E-state index contributed by atoms with van der Waals surface area (Å²) in [5, 5.41) is 18.6. The molecule has 0 aliphatic rings. The number of hydrazone groups is 1. The monoisotopic (exact) mass is 320 g/mol.